The smallest absolute Gasteiger partial charge is 0.326 e. The molecule has 1 atom stereocenters. The van der Waals surface area contributed by atoms with Gasteiger partial charge in [0.25, 0.3) is 0 Å². The standard InChI is InChI=1S/C15H26N2O4/c1-15(2,3)12(18)9-11(13(19)20)17-14(21)16-10-7-5-4-6-8-10/h10-11H,4-9H2,1-3H3,(H,19,20)(H2,16,17,21). The van der Waals surface area contributed by atoms with E-state index in [1.807, 2.05) is 0 Å². The lowest BCUT2D eigenvalue weighted by Gasteiger charge is -2.25. The first kappa shape index (κ1) is 17.5. The summed E-state index contributed by atoms with van der Waals surface area (Å²) in [6.07, 6.45) is 4.98. The van der Waals surface area contributed by atoms with E-state index in [4.69, 9.17) is 5.11 Å². The first-order chi connectivity index (χ1) is 9.70. The molecule has 0 saturated heterocycles. The van der Waals surface area contributed by atoms with Crippen molar-refractivity contribution in [3.63, 3.8) is 0 Å². The molecule has 0 spiro atoms. The van der Waals surface area contributed by atoms with Crippen LogP contribution in [0, 0.1) is 5.41 Å². The number of aliphatic carboxylic acids is 1. The zero-order valence-electron chi connectivity index (χ0n) is 13.1. The molecule has 0 aromatic heterocycles. The second-order valence-electron chi connectivity index (χ2n) is 6.72. The normalized spacial score (nSPS) is 17.9. The van der Waals surface area contributed by atoms with Gasteiger partial charge < -0.3 is 15.7 Å². The third-order valence-corrected chi connectivity index (χ3v) is 3.77. The number of ketones is 1. The van der Waals surface area contributed by atoms with Crippen molar-refractivity contribution in [2.45, 2.75) is 71.4 Å². The second kappa shape index (κ2) is 7.43. The molecule has 1 aliphatic rings. The van der Waals surface area contributed by atoms with Gasteiger partial charge in [-0.3, -0.25) is 4.79 Å². The van der Waals surface area contributed by atoms with Crippen molar-refractivity contribution in [2.24, 2.45) is 5.41 Å². The molecule has 6 nitrogen and oxygen atoms in total. The number of carboxylic acids is 1. The molecule has 1 rings (SSSR count). The van der Waals surface area contributed by atoms with Crippen molar-refractivity contribution >= 4 is 17.8 Å². The zero-order chi connectivity index (χ0) is 16.0. The minimum Gasteiger partial charge on any atom is -0.480 e. The Morgan fingerprint density at radius 3 is 2.19 bits per heavy atom. The molecule has 0 aromatic carbocycles. The topological polar surface area (TPSA) is 95.5 Å². The fourth-order valence-electron chi connectivity index (χ4n) is 2.32. The van der Waals surface area contributed by atoms with Gasteiger partial charge in [-0.2, -0.15) is 0 Å². The van der Waals surface area contributed by atoms with Crippen LogP contribution < -0.4 is 10.6 Å². The van der Waals surface area contributed by atoms with Crippen LogP contribution in [0.25, 0.3) is 0 Å². The van der Waals surface area contributed by atoms with Crippen molar-refractivity contribution < 1.29 is 19.5 Å². The van der Waals surface area contributed by atoms with Gasteiger partial charge in [-0.1, -0.05) is 40.0 Å². The van der Waals surface area contributed by atoms with Crippen molar-refractivity contribution in [2.75, 3.05) is 0 Å². The second-order valence-corrected chi connectivity index (χ2v) is 6.72. The number of urea groups is 1. The van der Waals surface area contributed by atoms with Crippen molar-refractivity contribution in [1.29, 1.82) is 0 Å². The quantitative estimate of drug-likeness (QED) is 0.724. The molecule has 0 aromatic rings. The summed E-state index contributed by atoms with van der Waals surface area (Å²) in [5.74, 6) is -1.38. The van der Waals surface area contributed by atoms with Gasteiger partial charge in [0.2, 0.25) is 0 Å². The summed E-state index contributed by atoms with van der Waals surface area (Å²) in [6, 6.07) is -1.58. The predicted molar refractivity (Wildman–Crippen MR) is 79.0 cm³/mol. The molecule has 0 heterocycles. The Morgan fingerprint density at radius 1 is 1.14 bits per heavy atom. The average Bonchev–Trinajstić information content (AvgIpc) is 2.37. The highest BCUT2D eigenvalue weighted by Gasteiger charge is 2.29. The fourth-order valence-corrected chi connectivity index (χ4v) is 2.32. The Balaban J connectivity index is 2.51. The highest BCUT2D eigenvalue weighted by molar-refractivity contribution is 5.91. The Hall–Kier alpha value is -1.59. The molecule has 1 saturated carbocycles. The number of hydrogen-bond acceptors (Lipinski definition) is 3. The number of Topliss-reactive ketones (excluding diaryl/α,β-unsaturated/α-hetero) is 1. The number of carboxylic acid groups (broad SMARTS) is 1. The van der Waals surface area contributed by atoms with Crippen molar-refractivity contribution in [1.82, 2.24) is 10.6 Å². The average molecular weight is 298 g/mol. The lowest BCUT2D eigenvalue weighted by atomic mass is 9.87. The Morgan fingerprint density at radius 2 is 1.71 bits per heavy atom. The monoisotopic (exact) mass is 298 g/mol. The number of carbonyl (C=O) groups is 3. The number of amides is 2. The van der Waals surface area contributed by atoms with Crippen LogP contribution in [0.1, 0.15) is 59.3 Å². The molecular formula is C15H26N2O4. The van der Waals surface area contributed by atoms with Crippen LogP contribution in [-0.2, 0) is 9.59 Å². The maximum atomic E-state index is 11.9. The van der Waals surface area contributed by atoms with Crippen LogP contribution in [-0.4, -0.2) is 35.0 Å². The third kappa shape index (κ3) is 6.14. The maximum absolute atomic E-state index is 11.9. The van der Waals surface area contributed by atoms with Gasteiger partial charge in [0.05, 0.1) is 0 Å². The van der Waals surface area contributed by atoms with E-state index >= 15 is 0 Å². The van der Waals surface area contributed by atoms with E-state index in [9.17, 15) is 14.4 Å². The summed E-state index contributed by atoms with van der Waals surface area (Å²) in [7, 11) is 0. The summed E-state index contributed by atoms with van der Waals surface area (Å²) >= 11 is 0. The highest BCUT2D eigenvalue weighted by atomic mass is 16.4. The molecule has 1 aliphatic carbocycles. The van der Waals surface area contributed by atoms with Gasteiger partial charge in [-0.25, -0.2) is 9.59 Å². The molecule has 21 heavy (non-hydrogen) atoms. The Bertz CT molecular complexity index is 395. The summed E-state index contributed by atoms with van der Waals surface area (Å²) in [5.41, 5.74) is -0.616. The minimum atomic E-state index is -1.19. The molecular weight excluding hydrogens is 272 g/mol. The molecule has 0 radical (unpaired) electrons. The number of nitrogens with one attached hydrogen (secondary N) is 2. The van der Waals surface area contributed by atoms with E-state index in [0.29, 0.717) is 0 Å². The highest BCUT2D eigenvalue weighted by Crippen LogP contribution is 2.19. The Kier molecular flexibility index (Phi) is 6.18. The number of hydrogen-bond donors (Lipinski definition) is 3. The first-order valence-electron chi connectivity index (χ1n) is 7.53. The maximum Gasteiger partial charge on any atom is 0.326 e. The molecule has 1 unspecified atom stereocenters. The molecule has 1 fully saturated rings. The van der Waals surface area contributed by atoms with Crippen LogP contribution in [0.15, 0.2) is 0 Å². The van der Waals surface area contributed by atoms with Gasteiger partial charge in [0, 0.05) is 17.9 Å². The third-order valence-electron chi connectivity index (χ3n) is 3.77. The first-order valence-corrected chi connectivity index (χ1v) is 7.53. The van der Waals surface area contributed by atoms with Crippen LogP contribution in [0.2, 0.25) is 0 Å². The summed E-state index contributed by atoms with van der Waals surface area (Å²) in [5, 5.41) is 14.3. The molecule has 2 amide bonds. The molecule has 0 aliphatic heterocycles. The van der Waals surface area contributed by atoms with E-state index in [1.54, 1.807) is 20.8 Å². The van der Waals surface area contributed by atoms with Crippen LogP contribution in [0.5, 0.6) is 0 Å². The molecule has 3 N–H and O–H groups in total. The zero-order valence-corrected chi connectivity index (χ0v) is 13.1. The van der Waals surface area contributed by atoms with Crippen LogP contribution >= 0.6 is 0 Å². The summed E-state index contributed by atoms with van der Waals surface area (Å²) < 4.78 is 0. The molecule has 6 heteroatoms. The van der Waals surface area contributed by atoms with Gasteiger partial charge >= 0.3 is 12.0 Å². The van der Waals surface area contributed by atoms with Gasteiger partial charge in [-0.05, 0) is 12.8 Å². The van der Waals surface area contributed by atoms with Gasteiger partial charge in [-0.15, -0.1) is 0 Å². The summed E-state index contributed by atoms with van der Waals surface area (Å²) in [4.78, 5) is 35.0. The van der Waals surface area contributed by atoms with E-state index in [-0.39, 0.29) is 18.2 Å². The van der Waals surface area contributed by atoms with Crippen molar-refractivity contribution in [3.05, 3.63) is 0 Å². The van der Waals surface area contributed by atoms with Crippen LogP contribution in [0.3, 0.4) is 0 Å². The molecule has 120 valence electrons. The molecule has 0 bridgehead atoms. The summed E-state index contributed by atoms with van der Waals surface area (Å²) in [6.45, 7) is 5.20. The number of carbonyl (C=O) groups excluding carboxylic acids is 2. The number of rotatable bonds is 5. The largest absolute Gasteiger partial charge is 0.480 e. The van der Waals surface area contributed by atoms with E-state index in [1.165, 1.54) is 6.42 Å². The van der Waals surface area contributed by atoms with Crippen molar-refractivity contribution in [3.8, 4) is 0 Å². The van der Waals surface area contributed by atoms with Crippen LogP contribution in [0.4, 0.5) is 4.79 Å². The fraction of sp³-hybridized carbons (Fsp3) is 0.800. The SMILES string of the molecule is CC(C)(C)C(=O)CC(NC(=O)NC1CCCCC1)C(=O)O. The lowest BCUT2D eigenvalue weighted by molar-refractivity contribution is -0.142. The Labute approximate surface area is 125 Å². The lowest BCUT2D eigenvalue weighted by Crippen LogP contribution is -2.50. The van der Waals surface area contributed by atoms with E-state index < -0.39 is 23.5 Å². The van der Waals surface area contributed by atoms with E-state index in [0.717, 1.165) is 25.7 Å². The van der Waals surface area contributed by atoms with Gasteiger partial charge in [0.15, 0.2) is 0 Å². The van der Waals surface area contributed by atoms with Gasteiger partial charge in [0.1, 0.15) is 11.8 Å². The minimum absolute atomic E-state index is 0.103. The van der Waals surface area contributed by atoms with E-state index in [2.05, 4.69) is 10.6 Å². The predicted octanol–water partition coefficient (Wildman–Crippen LogP) is 2.08.